The highest BCUT2D eigenvalue weighted by atomic mass is 15.2. The molecule has 2 heteroatoms. The Balaban J connectivity index is 1.88. The van der Waals surface area contributed by atoms with Crippen molar-refractivity contribution in [2.45, 2.75) is 84.7 Å². The van der Waals surface area contributed by atoms with E-state index in [0.29, 0.717) is 5.41 Å². The van der Waals surface area contributed by atoms with Crippen LogP contribution in [0.1, 0.15) is 72.6 Å². The van der Waals surface area contributed by atoms with E-state index in [-0.39, 0.29) is 0 Å². The lowest BCUT2D eigenvalue weighted by Crippen LogP contribution is -2.45. The van der Waals surface area contributed by atoms with Crippen LogP contribution in [0.25, 0.3) is 0 Å². The summed E-state index contributed by atoms with van der Waals surface area (Å²) in [7, 11) is 0. The third kappa shape index (κ3) is 5.04. The second-order valence-corrected chi connectivity index (χ2v) is 7.75. The molecule has 0 aromatic heterocycles. The maximum Gasteiger partial charge on any atom is 0.00966 e. The van der Waals surface area contributed by atoms with Crippen molar-refractivity contribution in [3.05, 3.63) is 0 Å². The van der Waals surface area contributed by atoms with Crippen LogP contribution >= 0.6 is 0 Å². The second-order valence-electron chi connectivity index (χ2n) is 7.75. The van der Waals surface area contributed by atoms with Crippen LogP contribution in [0.5, 0.6) is 0 Å². The Morgan fingerprint density at radius 2 is 1.75 bits per heavy atom. The minimum atomic E-state index is 0.502. The third-order valence-electron chi connectivity index (χ3n) is 5.44. The zero-order valence-corrected chi connectivity index (χ0v) is 14.3. The number of hydrogen-bond donors (Lipinski definition) is 1. The molecule has 2 rings (SSSR count). The summed E-state index contributed by atoms with van der Waals surface area (Å²) in [5.74, 6) is 0.832. The number of nitrogens with one attached hydrogen (secondary N) is 1. The molecule has 0 atom stereocenters. The molecule has 0 unspecified atom stereocenters. The first-order valence-electron chi connectivity index (χ1n) is 9.06. The Bertz CT molecular complexity index is 275. The van der Waals surface area contributed by atoms with Crippen molar-refractivity contribution in [3.63, 3.8) is 0 Å². The fraction of sp³-hybridized carbons (Fsp3) is 1.00. The normalized spacial score (nSPS) is 20.1. The maximum atomic E-state index is 3.80. The lowest BCUT2D eigenvalue weighted by molar-refractivity contribution is 0.123. The van der Waals surface area contributed by atoms with E-state index in [1.54, 1.807) is 0 Å². The van der Waals surface area contributed by atoms with Gasteiger partial charge in [0.2, 0.25) is 0 Å². The molecule has 0 aromatic carbocycles. The summed E-state index contributed by atoms with van der Waals surface area (Å²) < 4.78 is 0. The minimum Gasteiger partial charge on any atom is -0.313 e. The van der Waals surface area contributed by atoms with Crippen LogP contribution in [0.15, 0.2) is 0 Å². The Morgan fingerprint density at radius 1 is 1.10 bits per heavy atom. The van der Waals surface area contributed by atoms with E-state index >= 15 is 0 Å². The van der Waals surface area contributed by atoms with Gasteiger partial charge in [0.25, 0.3) is 0 Å². The standard InChI is InChI=1S/C18H36N2/c1-5-18(6-2,13-19-16-7-8-16)14-20(17-9-10-17)12-11-15(3)4/h15-17,19H,5-14H2,1-4H3. The molecule has 0 aromatic rings. The molecule has 20 heavy (non-hydrogen) atoms. The van der Waals surface area contributed by atoms with Crippen molar-refractivity contribution in [2.75, 3.05) is 19.6 Å². The SMILES string of the molecule is CCC(CC)(CNC1CC1)CN(CCC(C)C)C1CC1. The first-order chi connectivity index (χ1) is 9.58. The number of nitrogens with zero attached hydrogens (tertiary/aromatic N) is 1. The molecule has 0 heterocycles. The fourth-order valence-electron chi connectivity index (χ4n) is 3.11. The summed E-state index contributed by atoms with van der Waals surface area (Å²) in [6.07, 6.45) is 9.68. The molecule has 2 nitrogen and oxygen atoms in total. The van der Waals surface area contributed by atoms with Crippen LogP contribution < -0.4 is 5.32 Å². The molecule has 0 aliphatic heterocycles. The Morgan fingerprint density at radius 3 is 2.20 bits per heavy atom. The molecule has 2 fully saturated rings. The molecule has 2 aliphatic rings. The largest absolute Gasteiger partial charge is 0.313 e. The van der Waals surface area contributed by atoms with Gasteiger partial charge < -0.3 is 5.32 Å². The van der Waals surface area contributed by atoms with E-state index in [4.69, 9.17) is 0 Å². The lowest BCUT2D eigenvalue weighted by Gasteiger charge is -2.38. The first-order valence-corrected chi connectivity index (χ1v) is 9.06. The fourth-order valence-corrected chi connectivity index (χ4v) is 3.11. The molecule has 1 N–H and O–H groups in total. The Hall–Kier alpha value is -0.0800. The van der Waals surface area contributed by atoms with Gasteiger partial charge in [-0.05, 0) is 62.8 Å². The molecule has 0 saturated heterocycles. The highest BCUT2D eigenvalue weighted by molar-refractivity contribution is 4.92. The van der Waals surface area contributed by atoms with Gasteiger partial charge in [0.05, 0.1) is 0 Å². The zero-order valence-electron chi connectivity index (χ0n) is 14.3. The zero-order chi connectivity index (χ0) is 14.6. The summed E-state index contributed by atoms with van der Waals surface area (Å²) in [4.78, 5) is 2.82. The number of hydrogen-bond acceptors (Lipinski definition) is 2. The van der Waals surface area contributed by atoms with E-state index < -0.39 is 0 Å². The van der Waals surface area contributed by atoms with Crippen LogP contribution in [0.3, 0.4) is 0 Å². The van der Waals surface area contributed by atoms with Crippen molar-refractivity contribution >= 4 is 0 Å². The smallest absolute Gasteiger partial charge is 0.00966 e. The monoisotopic (exact) mass is 280 g/mol. The predicted molar refractivity (Wildman–Crippen MR) is 88.1 cm³/mol. The van der Waals surface area contributed by atoms with Crippen LogP contribution in [-0.4, -0.2) is 36.6 Å². The van der Waals surface area contributed by atoms with E-state index in [2.05, 4.69) is 37.9 Å². The first kappa shape index (κ1) is 16.3. The predicted octanol–water partition coefficient (Wildman–Crippen LogP) is 4.06. The van der Waals surface area contributed by atoms with Crippen molar-refractivity contribution < 1.29 is 0 Å². The van der Waals surface area contributed by atoms with E-state index in [9.17, 15) is 0 Å². The summed E-state index contributed by atoms with van der Waals surface area (Å²) in [6.45, 7) is 13.4. The topological polar surface area (TPSA) is 15.3 Å². The second kappa shape index (κ2) is 7.26. The summed E-state index contributed by atoms with van der Waals surface area (Å²) >= 11 is 0. The quantitative estimate of drug-likeness (QED) is 0.614. The van der Waals surface area contributed by atoms with Gasteiger partial charge in [-0.15, -0.1) is 0 Å². The van der Waals surface area contributed by atoms with Crippen molar-refractivity contribution in [2.24, 2.45) is 11.3 Å². The summed E-state index contributed by atoms with van der Waals surface area (Å²) in [5.41, 5.74) is 0.502. The highest BCUT2D eigenvalue weighted by Crippen LogP contribution is 2.34. The summed E-state index contributed by atoms with van der Waals surface area (Å²) in [6, 6.07) is 1.75. The van der Waals surface area contributed by atoms with E-state index in [0.717, 1.165) is 18.0 Å². The third-order valence-corrected chi connectivity index (χ3v) is 5.44. The molecule has 0 radical (unpaired) electrons. The maximum absolute atomic E-state index is 3.80. The van der Waals surface area contributed by atoms with Crippen molar-refractivity contribution in [3.8, 4) is 0 Å². The van der Waals surface area contributed by atoms with Crippen LogP contribution in [-0.2, 0) is 0 Å². The molecule has 0 spiro atoms. The molecule has 0 amide bonds. The van der Waals surface area contributed by atoms with Gasteiger partial charge in [0.15, 0.2) is 0 Å². The average molecular weight is 280 g/mol. The van der Waals surface area contributed by atoms with Gasteiger partial charge in [-0.1, -0.05) is 27.7 Å². The average Bonchev–Trinajstić information content (AvgIpc) is 3.29. The van der Waals surface area contributed by atoms with Crippen molar-refractivity contribution in [1.29, 1.82) is 0 Å². The van der Waals surface area contributed by atoms with Crippen LogP contribution in [0, 0.1) is 11.3 Å². The molecular formula is C18H36N2. The van der Waals surface area contributed by atoms with E-state index in [1.807, 2.05) is 0 Å². The Kier molecular flexibility index (Phi) is 5.92. The van der Waals surface area contributed by atoms with E-state index in [1.165, 1.54) is 64.6 Å². The van der Waals surface area contributed by atoms with Gasteiger partial charge in [0, 0.05) is 25.2 Å². The van der Waals surface area contributed by atoms with Crippen molar-refractivity contribution in [1.82, 2.24) is 10.2 Å². The Labute approximate surface area is 126 Å². The van der Waals surface area contributed by atoms with Crippen LogP contribution in [0.4, 0.5) is 0 Å². The molecule has 2 saturated carbocycles. The lowest BCUT2D eigenvalue weighted by atomic mass is 9.81. The minimum absolute atomic E-state index is 0.502. The molecule has 0 bridgehead atoms. The van der Waals surface area contributed by atoms with Gasteiger partial charge in [-0.2, -0.15) is 0 Å². The van der Waals surface area contributed by atoms with Gasteiger partial charge in [0.1, 0.15) is 0 Å². The van der Waals surface area contributed by atoms with Gasteiger partial charge >= 0.3 is 0 Å². The highest BCUT2D eigenvalue weighted by Gasteiger charge is 2.36. The molecule has 118 valence electrons. The number of rotatable bonds is 11. The van der Waals surface area contributed by atoms with Gasteiger partial charge in [-0.3, -0.25) is 4.90 Å². The molecular weight excluding hydrogens is 244 g/mol. The van der Waals surface area contributed by atoms with Crippen LogP contribution in [0.2, 0.25) is 0 Å². The molecule has 2 aliphatic carbocycles. The summed E-state index contributed by atoms with van der Waals surface area (Å²) in [5, 5.41) is 3.80. The van der Waals surface area contributed by atoms with Gasteiger partial charge in [-0.25, -0.2) is 0 Å².